The van der Waals surface area contributed by atoms with Crippen LogP contribution in [0.3, 0.4) is 0 Å². The van der Waals surface area contributed by atoms with Gasteiger partial charge in [-0.15, -0.1) is 0 Å². The molecule has 4 heterocycles. The van der Waals surface area contributed by atoms with Crippen molar-refractivity contribution in [3.63, 3.8) is 0 Å². The molecule has 2 aromatic carbocycles. The summed E-state index contributed by atoms with van der Waals surface area (Å²) < 4.78 is 40.4. The van der Waals surface area contributed by atoms with E-state index in [1.165, 1.54) is 13.2 Å². The van der Waals surface area contributed by atoms with E-state index in [1.807, 2.05) is 55.4 Å². The van der Waals surface area contributed by atoms with Crippen molar-refractivity contribution in [2.75, 3.05) is 48.6 Å². The van der Waals surface area contributed by atoms with Gasteiger partial charge in [0.2, 0.25) is 11.8 Å². The molecular weight excluding hydrogens is 755 g/mol. The van der Waals surface area contributed by atoms with Crippen LogP contribution >= 0.6 is 11.6 Å². The van der Waals surface area contributed by atoms with Gasteiger partial charge in [0.1, 0.15) is 11.6 Å². The molecule has 2 N–H and O–H groups in total. The minimum absolute atomic E-state index is 0.0842. The Morgan fingerprint density at radius 1 is 0.912 bits per heavy atom. The number of aliphatic hydroxyl groups excluding tert-OH is 1. The Balaban J connectivity index is 1.18. The molecule has 5 aromatic rings. The lowest BCUT2D eigenvalue weighted by Crippen LogP contribution is -2.47. The van der Waals surface area contributed by atoms with Gasteiger partial charge < -0.3 is 29.2 Å². The third-order valence-corrected chi connectivity index (χ3v) is 11.8. The molecule has 1 saturated heterocycles. The first kappa shape index (κ1) is 40.3. The maximum absolute atomic E-state index is 16.0. The molecule has 1 aliphatic heterocycles. The van der Waals surface area contributed by atoms with E-state index in [4.69, 9.17) is 45.6 Å². The fourth-order valence-electron chi connectivity index (χ4n) is 8.23. The van der Waals surface area contributed by atoms with E-state index in [-0.39, 0.29) is 30.4 Å². The summed E-state index contributed by atoms with van der Waals surface area (Å²) in [6.45, 7) is 1.57. The molecule has 2 atom stereocenters. The number of likely N-dealkylation sites (N-methyl/N-ethyl adjacent to an activating group) is 1. The first-order valence-corrected chi connectivity index (χ1v) is 19.4. The largest absolute Gasteiger partial charge is 0.496 e. The van der Waals surface area contributed by atoms with Crippen LogP contribution in [0.4, 0.5) is 4.39 Å². The summed E-state index contributed by atoms with van der Waals surface area (Å²) in [5.41, 5.74) is 4.21. The van der Waals surface area contributed by atoms with Crippen LogP contribution in [0.1, 0.15) is 43.2 Å². The van der Waals surface area contributed by atoms with Gasteiger partial charge in [0.05, 0.1) is 73.5 Å². The Morgan fingerprint density at radius 3 is 2.30 bits per heavy atom. The number of rotatable bonds is 13. The molecule has 0 spiro atoms. The molecule has 0 amide bonds. The zero-order valence-electron chi connectivity index (χ0n) is 32.7. The molecule has 15 heteroatoms. The lowest BCUT2D eigenvalue weighted by molar-refractivity contribution is -0.143. The number of carboxylic acids is 1. The number of nitrogens with zero attached hydrogens (tertiary/aromatic N) is 6. The summed E-state index contributed by atoms with van der Waals surface area (Å²) >= 11 is 7.16. The number of aliphatic hydroxyl groups is 1. The van der Waals surface area contributed by atoms with E-state index < -0.39 is 17.9 Å². The van der Waals surface area contributed by atoms with Gasteiger partial charge in [0.15, 0.2) is 5.82 Å². The van der Waals surface area contributed by atoms with Gasteiger partial charge in [0, 0.05) is 60.4 Å². The molecule has 2 fully saturated rings. The van der Waals surface area contributed by atoms with Gasteiger partial charge in [0.25, 0.3) is 0 Å². The van der Waals surface area contributed by atoms with Crippen molar-refractivity contribution in [1.29, 1.82) is 0 Å². The third kappa shape index (κ3) is 8.14. The number of hydrogen-bond acceptors (Lipinski definition) is 11. The number of carboxylic acid groups (broad SMARTS) is 1. The van der Waals surface area contributed by atoms with Crippen molar-refractivity contribution in [3.8, 4) is 45.7 Å². The molecule has 7 rings (SSSR count). The van der Waals surface area contributed by atoms with Gasteiger partial charge in [-0.3, -0.25) is 14.6 Å². The highest BCUT2D eigenvalue weighted by Crippen LogP contribution is 2.41. The molecule has 0 unspecified atom stereocenters. The minimum atomic E-state index is -0.757. The third-order valence-electron chi connectivity index (χ3n) is 11.4. The highest BCUT2D eigenvalue weighted by molar-refractivity contribution is 6.36. The number of carbonyl (C=O) groups is 1. The Kier molecular flexibility index (Phi) is 12.3. The Morgan fingerprint density at radius 2 is 1.60 bits per heavy atom. The van der Waals surface area contributed by atoms with Crippen LogP contribution < -0.4 is 14.2 Å². The van der Waals surface area contributed by atoms with Crippen molar-refractivity contribution in [3.05, 3.63) is 76.7 Å². The lowest BCUT2D eigenvalue weighted by Gasteiger charge is -2.35. The number of halogens is 2. The summed E-state index contributed by atoms with van der Waals surface area (Å²) in [4.78, 5) is 25.1. The second-order valence-electron chi connectivity index (χ2n) is 14.8. The van der Waals surface area contributed by atoms with Crippen molar-refractivity contribution in [2.24, 2.45) is 5.92 Å². The normalized spacial score (nSPS) is 20.0. The van der Waals surface area contributed by atoms with Crippen LogP contribution in [-0.2, 0) is 22.6 Å². The molecule has 0 bridgehead atoms. The summed E-state index contributed by atoms with van der Waals surface area (Å²) in [6.07, 6.45) is 4.50. The molecule has 13 nitrogen and oxygen atoms in total. The maximum atomic E-state index is 16.0. The van der Waals surface area contributed by atoms with Gasteiger partial charge in [-0.2, -0.15) is 10.1 Å². The Bertz CT molecular complexity index is 2220. The predicted octanol–water partition coefficient (Wildman–Crippen LogP) is 6.62. The van der Waals surface area contributed by atoms with Crippen LogP contribution in [0.5, 0.6) is 17.5 Å². The number of aliphatic carboxylic acids is 1. The molecule has 57 heavy (non-hydrogen) atoms. The average molecular weight is 803 g/mol. The van der Waals surface area contributed by atoms with Crippen molar-refractivity contribution in [1.82, 2.24) is 29.5 Å². The minimum Gasteiger partial charge on any atom is -0.496 e. The van der Waals surface area contributed by atoms with E-state index in [0.717, 1.165) is 34.9 Å². The second kappa shape index (κ2) is 17.3. The summed E-state index contributed by atoms with van der Waals surface area (Å²) in [6, 6.07) is 14.6. The van der Waals surface area contributed by atoms with Gasteiger partial charge in [-0.05, 0) is 57.8 Å². The predicted molar refractivity (Wildman–Crippen MR) is 214 cm³/mol. The average Bonchev–Trinajstić information content (AvgIpc) is 3.66. The number of fused-ring (bicyclic) bond motifs is 1. The van der Waals surface area contributed by atoms with Gasteiger partial charge in [-0.1, -0.05) is 41.9 Å². The summed E-state index contributed by atoms with van der Waals surface area (Å²) in [5.74, 6) is 0.0423. The molecule has 3 aromatic heterocycles. The van der Waals surface area contributed by atoms with E-state index in [9.17, 15) is 15.0 Å². The van der Waals surface area contributed by atoms with E-state index >= 15 is 4.39 Å². The number of benzene rings is 2. The zero-order chi connectivity index (χ0) is 40.4. The van der Waals surface area contributed by atoms with Gasteiger partial charge >= 0.3 is 5.97 Å². The molecule has 0 radical (unpaired) electrons. The molecule has 302 valence electrons. The highest BCUT2D eigenvalue weighted by atomic mass is 35.5. The lowest BCUT2D eigenvalue weighted by atomic mass is 9.85. The summed E-state index contributed by atoms with van der Waals surface area (Å²) in [5, 5.41) is 25.9. The van der Waals surface area contributed by atoms with Crippen molar-refractivity contribution >= 4 is 28.5 Å². The number of ether oxygens (including phenoxy) is 4. The first-order chi connectivity index (χ1) is 27.5. The van der Waals surface area contributed by atoms with Crippen LogP contribution in [0.2, 0.25) is 5.02 Å². The Hall–Kier alpha value is -4.86. The number of hydrogen-bond donors (Lipinski definition) is 2. The number of pyridine rings is 2. The summed E-state index contributed by atoms with van der Waals surface area (Å²) in [7, 11) is 8.49. The number of methoxy groups -OCH3 is 3. The maximum Gasteiger partial charge on any atom is 0.306 e. The van der Waals surface area contributed by atoms with Crippen molar-refractivity contribution < 1.29 is 38.3 Å². The van der Waals surface area contributed by atoms with E-state index in [2.05, 4.69) is 4.90 Å². The SMILES string of the molecule is COc1cc(-n2ncc3c(-c4cccc(-c5cc(F)c(CN(C)C6CCC(C(=O)O)CC6)c(OC)n5)c4Cl)cccc32)nc(OC)c1CN(C)[C@@H]1CCOC[C@@H]1O. The molecule has 1 aliphatic carbocycles. The van der Waals surface area contributed by atoms with E-state index in [1.54, 1.807) is 31.2 Å². The van der Waals surface area contributed by atoms with Crippen LogP contribution in [-0.4, -0.2) is 113 Å². The van der Waals surface area contributed by atoms with Crippen LogP contribution in [0.25, 0.3) is 39.1 Å². The monoisotopic (exact) mass is 802 g/mol. The van der Waals surface area contributed by atoms with E-state index in [0.29, 0.717) is 83.9 Å². The molecule has 1 saturated carbocycles. The molecule has 2 aliphatic rings. The smallest absolute Gasteiger partial charge is 0.306 e. The second-order valence-corrected chi connectivity index (χ2v) is 15.2. The zero-order valence-corrected chi connectivity index (χ0v) is 33.5. The standard InChI is InChI=1S/C42H48ClFN6O7/c1-48(25-14-12-24(13-15-25)42(52)53)21-30-32(44)18-33(46-40(30)55-4)28-10-6-9-27(39(28)43)26-8-7-11-34-29(26)20-45-50(34)38-19-37(54-3)31(41(47-38)56-5)22-49(2)35-16-17-57-23-36(35)51/h6-11,18-20,24-25,35-36,51H,12-17,21-23H2,1-5H3,(H,52,53)/t24?,25?,35-,36+/m1/s1. The quantitative estimate of drug-likeness (QED) is 0.132. The highest BCUT2D eigenvalue weighted by Gasteiger charge is 2.31. The first-order valence-electron chi connectivity index (χ1n) is 19.0. The fourth-order valence-corrected chi connectivity index (χ4v) is 8.55. The molecular formula is C42H48ClFN6O7. The Labute approximate surface area is 335 Å². The van der Waals surface area contributed by atoms with Crippen LogP contribution in [0.15, 0.2) is 54.7 Å². The van der Waals surface area contributed by atoms with Gasteiger partial charge in [-0.25, -0.2) is 14.1 Å². The fraction of sp³-hybridized carbons (Fsp3) is 0.429. The van der Waals surface area contributed by atoms with Crippen LogP contribution in [0, 0.1) is 11.7 Å². The van der Waals surface area contributed by atoms with Crippen molar-refractivity contribution in [2.45, 2.75) is 63.4 Å². The number of aromatic nitrogens is 4. The topological polar surface area (TPSA) is 145 Å².